The largest absolute Gasteiger partial charge is 0.458 e. The lowest BCUT2D eigenvalue weighted by molar-refractivity contribution is -0.177. The predicted molar refractivity (Wildman–Crippen MR) is 85.1 cm³/mol. The molecule has 4 aliphatic rings. The number of carbonyl (C=O) groups excluding carboxylic acids is 2. The van der Waals surface area contributed by atoms with Crippen molar-refractivity contribution in [1.82, 2.24) is 0 Å². The van der Waals surface area contributed by atoms with Gasteiger partial charge in [0.25, 0.3) is 0 Å². The molecule has 4 rings (SSSR count). The number of allylic oxidation sites excluding steroid dienone is 2. The van der Waals surface area contributed by atoms with E-state index in [1.165, 1.54) is 5.57 Å². The summed E-state index contributed by atoms with van der Waals surface area (Å²) < 4.78 is 5.76. The molecule has 0 spiro atoms. The Labute approximate surface area is 132 Å². The van der Waals surface area contributed by atoms with Crippen molar-refractivity contribution < 1.29 is 14.3 Å². The molecule has 0 aromatic heterocycles. The quantitative estimate of drug-likeness (QED) is 0.577. The maximum absolute atomic E-state index is 12.5. The van der Waals surface area contributed by atoms with Crippen molar-refractivity contribution in [3.05, 3.63) is 23.8 Å². The Kier molecular flexibility index (Phi) is 3.22. The van der Waals surface area contributed by atoms with Crippen LogP contribution in [0, 0.1) is 28.6 Å². The van der Waals surface area contributed by atoms with Gasteiger partial charge in [-0.1, -0.05) is 32.9 Å². The van der Waals surface area contributed by atoms with Crippen molar-refractivity contribution in [2.24, 2.45) is 28.6 Å². The number of carbonyl (C=O) groups is 2. The molecule has 4 aliphatic carbocycles. The average Bonchev–Trinajstić information content (AvgIpc) is 2.52. The fraction of sp³-hybridized carbons (Fsp3) is 0.684. The highest BCUT2D eigenvalue weighted by Crippen LogP contribution is 2.71. The molecule has 0 unspecified atom stereocenters. The van der Waals surface area contributed by atoms with Crippen LogP contribution in [0.4, 0.5) is 0 Å². The van der Waals surface area contributed by atoms with E-state index in [0.717, 1.165) is 12.8 Å². The molecule has 0 amide bonds. The molecule has 120 valence electrons. The molecular formula is C19H26O3. The standard InChI is InChI=1S/C19H26O3/c1-10(2)17(21)22-13-7-8-19(6)14-11(3)9-12(20)15(19)16(14)18(13,4)5/h9,13-16H,1,7-8H2,2-6H3/t13-,14+,15-,16+,19-/m1/s1. The molecule has 0 saturated heterocycles. The SMILES string of the molecule is C=C(C)C(=O)O[C@@H]1CC[C@@]2(C)[C@@H]3C(=O)C=C(C)[C@H]2[C@@H]3C1(C)C. The Hall–Kier alpha value is -1.38. The van der Waals surface area contributed by atoms with Gasteiger partial charge in [0.15, 0.2) is 5.78 Å². The van der Waals surface area contributed by atoms with Gasteiger partial charge < -0.3 is 4.74 Å². The van der Waals surface area contributed by atoms with Gasteiger partial charge >= 0.3 is 5.97 Å². The molecule has 0 N–H and O–H groups in total. The number of hydrogen-bond donors (Lipinski definition) is 0. The number of esters is 1. The minimum atomic E-state index is -0.314. The van der Waals surface area contributed by atoms with E-state index in [0.29, 0.717) is 11.5 Å². The fourth-order valence-corrected chi connectivity index (χ4v) is 5.44. The molecule has 0 aliphatic heterocycles. The van der Waals surface area contributed by atoms with Gasteiger partial charge in [-0.05, 0) is 50.0 Å². The van der Waals surface area contributed by atoms with Gasteiger partial charge in [0.1, 0.15) is 6.10 Å². The van der Waals surface area contributed by atoms with Crippen molar-refractivity contribution in [1.29, 1.82) is 0 Å². The Morgan fingerprint density at radius 2 is 1.95 bits per heavy atom. The van der Waals surface area contributed by atoms with Crippen molar-refractivity contribution in [2.75, 3.05) is 0 Å². The second-order valence-electron chi connectivity index (χ2n) is 8.31. The third kappa shape index (κ3) is 1.80. The first kappa shape index (κ1) is 15.5. The van der Waals surface area contributed by atoms with Gasteiger partial charge in [-0.25, -0.2) is 4.79 Å². The summed E-state index contributed by atoms with van der Waals surface area (Å²) in [6.45, 7) is 14.0. The van der Waals surface area contributed by atoms with Crippen LogP contribution in [-0.4, -0.2) is 17.9 Å². The van der Waals surface area contributed by atoms with Crippen LogP contribution in [0.25, 0.3) is 0 Å². The molecule has 0 aromatic rings. The van der Waals surface area contributed by atoms with E-state index >= 15 is 0 Å². The molecule has 22 heavy (non-hydrogen) atoms. The van der Waals surface area contributed by atoms with Gasteiger partial charge in [-0.2, -0.15) is 0 Å². The van der Waals surface area contributed by atoms with Crippen LogP contribution in [-0.2, 0) is 14.3 Å². The van der Waals surface area contributed by atoms with Gasteiger partial charge in [0, 0.05) is 16.9 Å². The summed E-state index contributed by atoms with van der Waals surface area (Å²) >= 11 is 0. The Morgan fingerprint density at radius 3 is 2.50 bits per heavy atom. The molecule has 0 heterocycles. The first-order valence-corrected chi connectivity index (χ1v) is 8.19. The van der Waals surface area contributed by atoms with Crippen LogP contribution >= 0.6 is 0 Å². The number of ketones is 1. The van der Waals surface area contributed by atoms with Crippen molar-refractivity contribution in [2.45, 2.75) is 53.6 Å². The molecule has 3 fully saturated rings. The highest BCUT2D eigenvalue weighted by atomic mass is 16.5. The fourth-order valence-electron chi connectivity index (χ4n) is 5.44. The van der Waals surface area contributed by atoms with Crippen LogP contribution in [0.3, 0.4) is 0 Å². The Bertz CT molecular complexity index is 598. The summed E-state index contributed by atoms with van der Waals surface area (Å²) in [5.74, 6) is 0.766. The van der Waals surface area contributed by atoms with E-state index < -0.39 is 0 Å². The third-order valence-electron chi connectivity index (χ3n) is 6.54. The topological polar surface area (TPSA) is 43.4 Å². The summed E-state index contributed by atoms with van der Waals surface area (Å²) in [5, 5.41) is 0. The van der Waals surface area contributed by atoms with Gasteiger partial charge in [-0.3, -0.25) is 4.79 Å². The lowest BCUT2D eigenvalue weighted by Gasteiger charge is -2.65. The number of rotatable bonds is 2. The molecule has 3 heteroatoms. The lowest BCUT2D eigenvalue weighted by atomic mass is 9.38. The predicted octanol–water partition coefficient (Wildman–Crippen LogP) is 3.69. The minimum absolute atomic E-state index is 0.0439. The van der Waals surface area contributed by atoms with Crippen molar-refractivity contribution in [3.8, 4) is 0 Å². The van der Waals surface area contributed by atoms with E-state index in [1.54, 1.807) is 6.92 Å². The van der Waals surface area contributed by atoms with E-state index in [9.17, 15) is 9.59 Å². The van der Waals surface area contributed by atoms with E-state index in [-0.39, 0.29) is 40.5 Å². The molecular weight excluding hydrogens is 276 g/mol. The molecule has 5 atom stereocenters. The summed E-state index contributed by atoms with van der Waals surface area (Å²) in [4.78, 5) is 24.5. The Balaban J connectivity index is 1.97. The van der Waals surface area contributed by atoms with Crippen LogP contribution in [0.5, 0.6) is 0 Å². The maximum Gasteiger partial charge on any atom is 0.333 e. The lowest BCUT2D eigenvalue weighted by Crippen LogP contribution is -2.64. The van der Waals surface area contributed by atoms with Gasteiger partial charge in [0.2, 0.25) is 0 Å². The first-order valence-electron chi connectivity index (χ1n) is 8.19. The second-order valence-corrected chi connectivity index (χ2v) is 8.31. The van der Waals surface area contributed by atoms with Crippen LogP contribution < -0.4 is 0 Å². The summed E-state index contributed by atoms with van der Waals surface area (Å²) in [6.07, 6.45) is 3.46. The minimum Gasteiger partial charge on any atom is -0.458 e. The van der Waals surface area contributed by atoms with Crippen LogP contribution in [0.1, 0.15) is 47.5 Å². The normalized spacial score (nSPS) is 41.9. The van der Waals surface area contributed by atoms with E-state index in [4.69, 9.17) is 4.74 Å². The molecule has 0 aromatic carbocycles. The van der Waals surface area contributed by atoms with E-state index in [2.05, 4.69) is 34.3 Å². The molecule has 3 nitrogen and oxygen atoms in total. The maximum atomic E-state index is 12.5. The summed E-state index contributed by atoms with van der Waals surface area (Å²) in [7, 11) is 0. The zero-order valence-corrected chi connectivity index (χ0v) is 14.2. The van der Waals surface area contributed by atoms with Crippen molar-refractivity contribution in [3.63, 3.8) is 0 Å². The number of hydrogen-bond acceptors (Lipinski definition) is 3. The zero-order valence-electron chi connectivity index (χ0n) is 14.2. The van der Waals surface area contributed by atoms with Gasteiger partial charge in [-0.15, -0.1) is 0 Å². The highest BCUT2D eigenvalue weighted by Gasteiger charge is 2.70. The summed E-state index contributed by atoms with van der Waals surface area (Å²) in [6, 6.07) is 0. The monoisotopic (exact) mass is 302 g/mol. The number of fused-ring (bicyclic) bond motifs is 3. The van der Waals surface area contributed by atoms with Crippen LogP contribution in [0.15, 0.2) is 23.8 Å². The molecule has 3 saturated carbocycles. The molecule has 0 radical (unpaired) electrons. The van der Waals surface area contributed by atoms with Crippen LogP contribution in [0.2, 0.25) is 0 Å². The second kappa shape index (κ2) is 4.56. The van der Waals surface area contributed by atoms with Crippen molar-refractivity contribution >= 4 is 11.8 Å². The first-order chi connectivity index (χ1) is 10.1. The highest BCUT2D eigenvalue weighted by molar-refractivity contribution is 5.96. The third-order valence-corrected chi connectivity index (χ3v) is 6.54. The van der Waals surface area contributed by atoms with Gasteiger partial charge in [0.05, 0.1) is 0 Å². The Morgan fingerprint density at radius 1 is 1.32 bits per heavy atom. The van der Waals surface area contributed by atoms with E-state index in [1.807, 2.05) is 6.08 Å². The smallest absolute Gasteiger partial charge is 0.333 e. The molecule has 4 bridgehead atoms. The number of ether oxygens (including phenoxy) is 1. The average molecular weight is 302 g/mol. The zero-order chi connectivity index (χ0) is 16.4. The summed E-state index contributed by atoms with van der Waals surface area (Å²) in [5.41, 5.74) is 1.50.